The molecule has 0 amide bonds. The lowest BCUT2D eigenvalue weighted by Crippen LogP contribution is -2.40. The third-order valence-corrected chi connectivity index (χ3v) is 5.31. The maximum atomic E-state index is 12.3. The van der Waals surface area contributed by atoms with Crippen molar-refractivity contribution in [3.8, 4) is 0 Å². The lowest BCUT2D eigenvalue weighted by molar-refractivity contribution is 0.336. The number of rotatable bonds is 5. The number of hydrogen-bond acceptors (Lipinski definition) is 3. The van der Waals surface area contributed by atoms with Crippen LogP contribution in [0.4, 0.5) is 0 Å². The summed E-state index contributed by atoms with van der Waals surface area (Å²) in [5.74, 6) is 0. The molecular formula is C12H23N3O2S. The fraction of sp³-hybridized carbons (Fsp3) is 0.750. The van der Waals surface area contributed by atoms with Gasteiger partial charge in [-0.15, -0.1) is 0 Å². The third kappa shape index (κ3) is 3.11. The molecule has 5 nitrogen and oxygen atoms in total. The van der Waals surface area contributed by atoms with E-state index in [4.69, 9.17) is 0 Å². The molecule has 0 fully saturated rings. The maximum absolute atomic E-state index is 12.3. The highest BCUT2D eigenvalue weighted by atomic mass is 32.2. The van der Waals surface area contributed by atoms with Crippen molar-refractivity contribution in [2.75, 3.05) is 0 Å². The minimum absolute atomic E-state index is 0.0624. The van der Waals surface area contributed by atoms with Gasteiger partial charge in [-0.2, -0.15) is 9.40 Å². The van der Waals surface area contributed by atoms with Gasteiger partial charge >= 0.3 is 0 Å². The molecule has 0 saturated heterocycles. The van der Waals surface area contributed by atoms with E-state index in [1.807, 2.05) is 33.9 Å². The lowest BCUT2D eigenvalue weighted by atomic mass is 10.3. The van der Waals surface area contributed by atoms with Crippen LogP contribution in [0.5, 0.6) is 0 Å². The second-order valence-corrected chi connectivity index (χ2v) is 7.58. The SMILES string of the molecule is Cc1cc(CN(C(C)C)S(=O)(=O)C(C)C)n(C)n1. The Kier molecular flexibility index (Phi) is 4.55. The molecule has 1 heterocycles. The zero-order valence-corrected chi connectivity index (χ0v) is 12.8. The topological polar surface area (TPSA) is 55.2 Å². The van der Waals surface area contributed by atoms with Crippen LogP contribution in [-0.2, 0) is 23.6 Å². The summed E-state index contributed by atoms with van der Waals surface area (Å²) < 4.78 is 27.9. The average Bonchev–Trinajstić information content (AvgIpc) is 2.52. The van der Waals surface area contributed by atoms with Crippen LogP contribution in [-0.4, -0.2) is 33.8 Å². The zero-order valence-electron chi connectivity index (χ0n) is 12.0. The molecule has 0 aliphatic rings. The minimum atomic E-state index is -3.25. The minimum Gasteiger partial charge on any atom is -0.271 e. The number of aryl methyl sites for hydroxylation is 2. The first-order valence-electron chi connectivity index (χ1n) is 6.16. The molecule has 18 heavy (non-hydrogen) atoms. The van der Waals surface area contributed by atoms with Crippen molar-refractivity contribution in [3.63, 3.8) is 0 Å². The highest BCUT2D eigenvalue weighted by Crippen LogP contribution is 2.17. The van der Waals surface area contributed by atoms with Crippen molar-refractivity contribution >= 4 is 10.0 Å². The van der Waals surface area contributed by atoms with Crippen LogP contribution < -0.4 is 0 Å². The Morgan fingerprint density at radius 2 is 1.89 bits per heavy atom. The van der Waals surface area contributed by atoms with E-state index < -0.39 is 15.3 Å². The van der Waals surface area contributed by atoms with Gasteiger partial charge in [-0.25, -0.2) is 8.42 Å². The van der Waals surface area contributed by atoms with E-state index in [1.165, 1.54) is 4.31 Å². The van der Waals surface area contributed by atoms with Crippen LogP contribution in [0.1, 0.15) is 39.1 Å². The van der Waals surface area contributed by atoms with Crippen molar-refractivity contribution in [1.82, 2.24) is 14.1 Å². The molecule has 0 saturated carbocycles. The Labute approximate surface area is 110 Å². The highest BCUT2D eigenvalue weighted by molar-refractivity contribution is 7.89. The molecule has 0 aliphatic carbocycles. The molecule has 0 spiro atoms. The van der Waals surface area contributed by atoms with Gasteiger partial charge in [0, 0.05) is 13.1 Å². The van der Waals surface area contributed by atoms with E-state index in [-0.39, 0.29) is 6.04 Å². The van der Waals surface area contributed by atoms with Gasteiger partial charge in [0.1, 0.15) is 0 Å². The lowest BCUT2D eigenvalue weighted by Gasteiger charge is -2.27. The molecule has 0 atom stereocenters. The summed E-state index contributed by atoms with van der Waals surface area (Å²) in [7, 11) is -1.42. The molecule has 0 aromatic carbocycles. The van der Waals surface area contributed by atoms with Crippen molar-refractivity contribution in [1.29, 1.82) is 0 Å². The average molecular weight is 273 g/mol. The Hall–Kier alpha value is -0.880. The molecule has 0 bridgehead atoms. The van der Waals surface area contributed by atoms with Gasteiger partial charge in [0.05, 0.1) is 23.2 Å². The van der Waals surface area contributed by atoms with Gasteiger partial charge in [0.25, 0.3) is 0 Å². The molecular weight excluding hydrogens is 250 g/mol. The number of aromatic nitrogens is 2. The van der Waals surface area contributed by atoms with Crippen LogP contribution in [0.2, 0.25) is 0 Å². The maximum Gasteiger partial charge on any atom is 0.217 e. The molecule has 1 rings (SSSR count). The van der Waals surface area contributed by atoms with E-state index in [0.29, 0.717) is 6.54 Å². The molecule has 6 heteroatoms. The second kappa shape index (κ2) is 5.40. The summed E-state index contributed by atoms with van der Waals surface area (Å²) in [6.07, 6.45) is 0. The molecule has 1 aromatic rings. The zero-order chi connectivity index (χ0) is 14.1. The standard InChI is InChI=1S/C12H23N3O2S/c1-9(2)15(18(16,17)10(3)4)8-12-7-11(5)13-14(12)6/h7,9-10H,8H2,1-6H3. The number of nitrogens with zero attached hydrogens (tertiary/aromatic N) is 3. The van der Waals surface area contributed by atoms with Crippen molar-refractivity contribution in [3.05, 3.63) is 17.5 Å². The van der Waals surface area contributed by atoms with Gasteiger partial charge in [-0.05, 0) is 40.7 Å². The summed E-state index contributed by atoms with van der Waals surface area (Å²) >= 11 is 0. The fourth-order valence-corrected chi connectivity index (χ4v) is 3.25. The van der Waals surface area contributed by atoms with Crippen molar-refractivity contribution < 1.29 is 8.42 Å². The first-order chi connectivity index (χ1) is 8.16. The molecule has 104 valence electrons. The fourth-order valence-electron chi connectivity index (χ4n) is 1.81. The van der Waals surface area contributed by atoms with Gasteiger partial charge in [-0.3, -0.25) is 4.68 Å². The Balaban J connectivity index is 3.06. The molecule has 1 aromatic heterocycles. The predicted octanol–water partition coefficient (Wildman–Crippen LogP) is 1.68. The van der Waals surface area contributed by atoms with Crippen LogP contribution in [0.3, 0.4) is 0 Å². The summed E-state index contributed by atoms with van der Waals surface area (Å²) in [4.78, 5) is 0. The van der Waals surface area contributed by atoms with Gasteiger partial charge in [0.15, 0.2) is 0 Å². The first kappa shape index (κ1) is 15.2. The Morgan fingerprint density at radius 3 is 2.22 bits per heavy atom. The Morgan fingerprint density at radius 1 is 1.33 bits per heavy atom. The highest BCUT2D eigenvalue weighted by Gasteiger charge is 2.28. The molecule has 0 N–H and O–H groups in total. The van der Waals surface area contributed by atoms with E-state index in [0.717, 1.165) is 11.4 Å². The second-order valence-electron chi connectivity index (χ2n) is 5.13. The first-order valence-corrected chi connectivity index (χ1v) is 7.66. The van der Waals surface area contributed by atoms with Crippen LogP contribution in [0, 0.1) is 6.92 Å². The smallest absolute Gasteiger partial charge is 0.217 e. The molecule has 0 unspecified atom stereocenters. The van der Waals surface area contributed by atoms with Crippen LogP contribution >= 0.6 is 0 Å². The van der Waals surface area contributed by atoms with E-state index in [1.54, 1.807) is 18.5 Å². The summed E-state index contributed by atoms with van der Waals surface area (Å²) in [6, 6.07) is 1.86. The summed E-state index contributed by atoms with van der Waals surface area (Å²) in [5, 5.41) is 3.84. The van der Waals surface area contributed by atoms with Crippen molar-refractivity contribution in [2.24, 2.45) is 7.05 Å². The third-order valence-electron chi connectivity index (χ3n) is 2.92. The van der Waals surface area contributed by atoms with E-state index in [9.17, 15) is 8.42 Å². The largest absolute Gasteiger partial charge is 0.271 e. The Bertz CT molecular complexity index is 503. The number of sulfonamides is 1. The van der Waals surface area contributed by atoms with Crippen LogP contribution in [0.15, 0.2) is 6.07 Å². The molecule has 0 radical (unpaired) electrons. The van der Waals surface area contributed by atoms with E-state index >= 15 is 0 Å². The van der Waals surface area contributed by atoms with Gasteiger partial charge < -0.3 is 0 Å². The monoisotopic (exact) mass is 273 g/mol. The number of hydrogen-bond donors (Lipinski definition) is 0. The summed E-state index contributed by atoms with van der Waals surface area (Å²) in [6.45, 7) is 9.47. The quantitative estimate of drug-likeness (QED) is 0.820. The van der Waals surface area contributed by atoms with Gasteiger partial charge in [0.2, 0.25) is 10.0 Å². The van der Waals surface area contributed by atoms with Crippen LogP contribution in [0.25, 0.3) is 0 Å². The van der Waals surface area contributed by atoms with Gasteiger partial charge in [-0.1, -0.05) is 0 Å². The summed E-state index contributed by atoms with van der Waals surface area (Å²) in [5.41, 5.74) is 1.81. The normalized spacial score (nSPS) is 12.9. The molecule has 0 aliphatic heterocycles. The van der Waals surface area contributed by atoms with E-state index in [2.05, 4.69) is 5.10 Å². The van der Waals surface area contributed by atoms with Crippen molar-refractivity contribution in [2.45, 2.75) is 52.5 Å². The predicted molar refractivity (Wildman–Crippen MR) is 72.7 cm³/mol.